The van der Waals surface area contributed by atoms with Crippen LogP contribution in [0.2, 0.25) is 0 Å². The van der Waals surface area contributed by atoms with E-state index < -0.39 is 0 Å². The lowest BCUT2D eigenvalue weighted by atomic mass is 10.1. The van der Waals surface area contributed by atoms with E-state index in [1.165, 1.54) is 7.11 Å². The fraction of sp³-hybridized carbons (Fsp3) is 0.429. The van der Waals surface area contributed by atoms with Gasteiger partial charge >= 0.3 is 5.97 Å². The molecule has 1 aromatic rings. The number of benzene rings is 1. The summed E-state index contributed by atoms with van der Waals surface area (Å²) in [6, 6.07) is 5.29. The second kappa shape index (κ2) is 7.48. The molecule has 0 aliphatic heterocycles. The van der Waals surface area contributed by atoms with Crippen molar-refractivity contribution in [2.45, 2.75) is 26.2 Å². The molecule has 0 aliphatic carbocycles. The monoisotopic (exact) mass is 250 g/mol. The summed E-state index contributed by atoms with van der Waals surface area (Å²) in [5.74, 6) is 0.322. The van der Waals surface area contributed by atoms with Crippen LogP contribution in [0.15, 0.2) is 18.2 Å². The summed E-state index contributed by atoms with van der Waals surface area (Å²) in [7, 11) is 1.36. The van der Waals surface area contributed by atoms with Crippen LogP contribution in [0.1, 0.15) is 35.2 Å². The Morgan fingerprint density at radius 1 is 1.33 bits per heavy atom. The average molecular weight is 250 g/mol. The molecule has 4 nitrogen and oxygen atoms in total. The van der Waals surface area contributed by atoms with Gasteiger partial charge in [0.1, 0.15) is 12.0 Å². The molecule has 0 bridgehead atoms. The minimum atomic E-state index is -0.362. The molecule has 1 aromatic carbocycles. The second-order valence-electron chi connectivity index (χ2n) is 3.93. The van der Waals surface area contributed by atoms with Crippen molar-refractivity contribution < 1.29 is 19.1 Å². The number of hydrogen-bond acceptors (Lipinski definition) is 4. The molecule has 0 radical (unpaired) electrons. The number of carbonyl (C=O) groups is 2. The Labute approximate surface area is 107 Å². The highest BCUT2D eigenvalue weighted by atomic mass is 16.5. The van der Waals surface area contributed by atoms with Crippen LogP contribution in [0.3, 0.4) is 0 Å². The summed E-state index contributed by atoms with van der Waals surface area (Å²) < 4.78 is 10.3. The Morgan fingerprint density at radius 2 is 2.11 bits per heavy atom. The smallest absolute Gasteiger partial charge is 0.338 e. The van der Waals surface area contributed by atoms with E-state index in [0.29, 0.717) is 24.3 Å². The third kappa shape index (κ3) is 3.87. The summed E-state index contributed by atoms with van der Waals surface area (Å²) in [6.45, 7) is 2.37. The molecule has 18 heavy (non-hydrogen) atoms. The van der Waals surface area contributed by atoms with Gasteiger partial charge in [0.05, 0.1) is 19.3 Å². The Kier molecular flexibility index (Phi) is 5.91. The van der Waals surface area contributed by atoms with Gasteiger partial charge in [-0.1, -0.05) is 6.07 Å². The van der Waals surface area contributed by atoms with Gasteiger partial charge in [-0.05, 0) is 31.9 Å². The van der Waals surface area contributed by atoms with Crippen molar-refractivity contribution in [1.82, 2.24) is 0 Å². The molecular weight excluding hydrogens is 232 g/mol. The third-order valence-electron chi connectivity index (χ3n) is 2.66. The van der Waals surface area contributed by atoms with Crippen LogP contribution in [-0.4, -0.2) is 26.0 Å². The van der Waals surface area contributed by atoms with E-state index in [2.05, 4.69) is 0 Å². The topological polar surface area (TPSA) is 52.6 Å². The first-order chi connectivity index (χ1) is 8.70. The fourth-order valence-electron chi connectivity index (χ4n) is 1.61. The number of rotatable bonds is 7. The number of hydrogen-bond donors (Lipinski definition) is 0. The molecular formula is C14H18O4. The molecule has 0 N–H and O–H groups in total. The van der Waals surface area contributed by atoms with E-state index >= 15 is 0 Å². The van der Waals surface area contributed by atoms with E-state index in [0.717, 1.165) is 24.7 Å². The zero-order valence-electron chi connectivity index (χ0n) is 10.8. The maximum absolute atomic E-state index is 11.5. The maximum Gasteiger partial charge on any atom is 0.338 e. The van der Waals surface area contributed by atoms with E-state index in [1.54, 1.807) is 12.1 Å². The van der Waals surface area contributed by atoms with Crippen molar-refractivity contribution in [2.75, 3.05) is 13.7 Å². The van der Waals surface area contributed by atoms with Crippen LogP contribution in [-0.2, 0) is 9.53 Å². The number of methoxy groups -OCH3 is 1. The average Bonchev–Trinajstić information content (AvgIpc) is 2.39. The van der Waals surface area contributed by atoms with Gasteiger partial charge in [-0.25, -0.2) is 4.79 Å². The molecule has 0 amide bonds. The van der Waals surface area contributed by atoms with Crippen LogP contribution in [0, 0.1) is 6.92 Å². The van der Waals surface area contributed by atoms with E-state index in [1.807, 2.05) is 13.0 Å². The van der Waals surface area contributed by atoms with Gasteiger partial charge in [-0.15, -0.1) is 0 Å². The SMILES string of the molecule is COC(=O)c1cccc(OCCCCC=O)c1C. The molecule has 0 atom stereocenters. The first-order valence-electron chi connectivity index (χ1n) is 5.95. The molecule has 0 saturated carbocycles. The van der Waals surface area contributed by atoms with Crippen molar-refractivity contribution in [3.8, 4) is 5.75 Å². The largest absolute Gasteiger partial charge is 0.493 e. The Balaban J connectivity index is 2.61. The van der Waals surface area contributed by atoms with Gasteiger partial charge < -0.3 is 14.3 Å². The Bertz CT molecular complexity index is 412. The summed E-state index contributed by atoms with van der Waals surface area (Å²) in [5.41, 5.74) is 1.29. The molecule has 0 heterocycles. The fourth-order valence-corrected chi connectivity index (χ4v) is 1.61. The first-order valence-corrected chi connectivity index (χ1v) is 5.95. The van der Waals surface area contributed by atoms with Crippen LogP contribution in [0.25, 0.3) is 0 Å². The molecule has 0 saturated heterocycles. The van der Waals surface area contributed by atoms with Gasteiger partial charge in [0.15, 0.2) is 0 Å². The number of ether oxygens (including phenoxy) is 2. The number of unbranched alkanes of at least 4 members (excludes halogenated alkanes) is 2. The number of aldehydes is 1. The molecule has 0 spiro atoms. The molecule has 0 aromatic heterocycles. The molecule has 4 heteroatoms. The lowest BCUT2D eigenvalue weighted by Gasteiger charge is -2.11. The quantitative estimate of drug-likeness (QED) is 0.424. The van der Waals surface area contributed by atoms with Gasteiger partial charge in [-0.2, -0.15) is 0 Å². The maximum atomic E-state index is 11.5. The standard InChI is InChI=1S/C14H18O4/c1-11-12(14(16)17-2)7-6-8-13(11)18-10-5-3-4-9-15/h6-9H,3-5,10H2,1-2H3. The van der Waals surface area contributed by atoms with Crippen molar-refractivity contribution >= 4 is 12.3 Å². The normalized spacial score (nSPS) is 9.89. The van der Waals surface area contributed by atoms with E-state index in [9.17, 15) is 9.59 Å². The number of esters is 1. The van der Waals surface area contributed by atoms with Crippen molar-refractivity contribution in [3.63, 3.8) is 0 Å². The molecule has 0 aliphatic rings. The Hall–Kier alpha value is -1.84. The summed E-state index contributed by atoms with van der Waals surface area (Å²) >= 11 is 0. The van der Waals surface area contributed by atoms with Gasteiger partial charge in [0.25, 0.3) is 0 Å². The Morgan fingerprint density at radius 3 is 2.78 bits per heavy atom. The van der Waals surface area contributed by atoms with Crippen LogP contribution in [0.5, 0.6) is 5.75 Å². The highest BCUT2D eigenvalue weighted by Crippen LogP contribution is 2.22. The van der Waals surface area contributed by atoms with Gasteiger partial charge in [0, 0.05) is 12.0 Å². The predicted molar refractivity (Wildman–Crippen MR) is 67.9 cm³/mol. The van der Waals surface area contributed by atoms with Crippen molar-refractivity contribution in [1.29, 1.82) is 0 Å². The number of carbonyl (C=O) groups excluding carboxylic acids is 2. The predicted octanol–water partition coefficient (Wildman–Crippen LogP) is 2.53. The lowest BCUT2D eigenvalue weighted by molar-refractivity contribution is -0.107. The molecule has 1 rings (SSSR count). The minimum Gasteiger partial charge on any atom is -0.493 e. The van der Waals surface area contributed by atoms with Crippen LogP contribution >= 0.6 is 0 Å². The second-order valence-corrected chi connectivity index (χ2v) is 3.93. The highest BCUT2D eigenvalue weighted by molar-refractivity contribution is 5.91. The van der Waals surface area contributed by atoms with Gasteiger partial charge in [0.2, 0.25) is 0 Å². The molecule has 0 unspecified atom stereocenters. The van der Waals surface area contributed by atoms with E-state index in [4.69, 9.17) is 9.47 Å². The first kappa shape index (κ1) is 14.2. The third-order valence-corrected chi connectivity index (χ3v) is 2.66. The minimum absolute atomic E-state index is 0.362. The summed E-state index contributed by atoms with van der Waals surface area (Å²) in [5, 5.41) is 0. The van der Waals surface area contributed by atoms with Gasteiger partial charge in [-0.3, -0.25) is 0 Å². The summed E-state index contributed by atoms with van der Waals surface area (Å²) in [4.78, 5) is 21.6. The van der Waals surface area contributed by atoms with Crippen LogP contribution < -0.4 is 4.74 Å². The molecule has 0 fully saturated rings. The summed E-state index contributed by atoms with van der Waals surface area (Å²) in [6.07, 6.45) is 3.10. The zero-order valence-corrected chi connectivity index (χ0v) is 10.8. The van der Waals surface area contributed by atoms with Crippen LogP contribution in [0.4, 0.5) is 0 Å². The zero-order chi connectivity index (χ0) is 13.4. The lowest BCUT2D eigenvalue weighted by Crippen LogP contribution is -2.06. The van der Waals surface area contributed by atoms with E-state index in [-0.39, 0.29) is 5.97 Å². The molecule has 98 valence electrons. The van der Waals surface area contributed by atoms with Crippen molar-refractivity contribution in [2.24, 2.45) is 0 Å². The van der Waals surface area contributed by atoms with Crippen molar-refractivity contribution in [3.05, 3.63) is 29.3 Å². The highest BCUT2D eigenvalue weighted by Gasteiger charge is 2.12.